The molecule has 7 heteroatoms. The molecule has 0 aromatic heterocycles. The molecule has 0 heterocycles. The average molecular weight is 180 g/mol. The normalized spacial score (nSPS) is 13.9. The molecule has 1 nitrogen and oxygen atoms in total. The molecule has 0 aliphatic heterocycles. The third-order valence-electron chi connectivity index (χ3n) is 0.545. The summed E-state index contributed by atoms with van der Waals surface area (Å²) in [4.78, 5) is 0. The van der Waals surface area contributed by atoms with Crippen LogP contribution in [0.5, 0.6) is 0 Å². The average Bonchev–Trinajstić information content (AvgIpc) is 1.80. The molecule has 0 rings (SSSR count). The van der Waals surface area contributed by atoms with Gasteiger partial charge in [-0.1, -0.05) is 0 Å². The lowest BCUT2D eigenvalue weighted by Crippen LogP contribution is -2.08. The number of halogens is 6. The Morgan fingerprint density at radius 1 is 1.27 bits per heavy atom. The van der Waals surface area contributed by atoms with Crippen molar-refractivity contribution in [2.75, 3.05) is 0 Å². The molecule has 0 aromatic rings. The van der Waals surface area contributed by atoms with Crippen LogP contribution in [0.2, 0.25) is 0 Å². The van der Waals surface area contributed by atoms with E-state index in [1.165, 1.54) is 0 Å². The Labute approximate surface area is 57.3 Å². The molecule has 11 heavy (non-hydrogen) atoms. The molecule has 66 valence electrons. The monoisotopic (exact) mass is 180 g/mol. The first kappa shape index (κ1) is 10.1. The fraction of sp³-hybridized carbons (Fsp3) is 0.500. The molecule has 0 saturated heterocycles. The molecule has 0 atom stereocenters. The van der Waals surface area contributed by atoms with Crippen LogP contribution in [0.25, 0.3) is 0 Å². The van der Waals surface area contributed by atoms with Crippen LogP contribution >= 0.6 is 0 Å². The Morgan fingerprint density at radius 2 is 1.73 bits per heavy atom. The highest BCUT2D eigenvalue weighted by Crippen LogP contribution is 2.26. The van der Waals surface area contributed by atoms with Crippen LogP contribution < -0.4 is 0 Å². The lowest BCUT2D eigenvalue weighted by molar-refractivity contribution is -0.122. The van der Waals surface area contributed by atoms with Crippen molar-refractivity contribution >= 4 is 0 Å². The van der Waals surface area contributed by atoms with Gasteiger partial charge in [-0.2, -0.15) is 26.3 Å². The lowest BCUT2D eigenvalue weighted by Gasteiger charge is -2.02. The van der Waals surface area contributed by atoms with Gasteiger partial charge in [0.05, 0.1) is 0 Å². The van der Waals surface area contributed by atoms with E-state index >= 15 is 0 Å². The second-order valence-electron chi connectivity index (χ2n) is 1.36. The number of allylic oxidation sites excluding steroid dienone is 1. The summed E-state index contributed by atoms with van der Waals surface area (Å²) < 4.78 is 69.8. The zero-order chi connectivity index (χ0) is 9.07. The van der Waals surface area contributed by atoms with Crippen LogP contribution in [-0.4, -0.2) is 12.8 Å². The maximum absolute atomic E-state index is 11.5. The van der Waals surface area contributed by atoms with E-state index in [1.807, 2.05) is 0 Å². The van der Waals surface area contributed by atoms with Crippen molar-refractivity contribution in [1.29, 1.82) is 0 Å². The molecule has 0 amide bonds. The van der Waals surface area contributed by atoms with Crippen molar-refractivity contribution in [3.8, 4) is 0 Å². The van der Waals surface area contributed by atoms with Gasteiger partial charge in [0.1, 0.15) is 6.26 Å². The van der Waals surface area contributed by atoms with E-state index in [2.05, 4.69) is 4.74 Å². The van der Waals surface area contributed by atoms with Crippen molar-refractivity contribution in [1.82, 2.24) is 0 Å². The maximum atomic E-state index is 11.5. The molecule has 0 saturated carbocycles. The highest BCUT2D eigenvalue weighted by molar-refractivity contribution is 4.93. The van der Waals surface area contributed by atoms with Crippen molar-refractivity contribution in [2.24, 2.45) is 0 Å². The zero-order valence-corrected chi connectivity index (χ0v) is 4.83. The smallest absolute Gasteiger partial charge is 0.440 e. The van der Waals surface area contributed by atoms with Gasteiger partial charge in [0.15, 0.2) is 0 Å². The van der Waals surface area contributed by atoms with Gasteiger partial charge < -0.3 is 4.74 Å². The van der Waals surface area contributed by atoms with Gasteiger partial charge in [-0.05, 0) is 0 Å². The Bertz CT molecular complexity index is 147. The number of rotatable bonds is 2. The summed E-state index contributed by atoms with van der Waals surface area (Å²) >= 11 is 0. The van der Waals surface area contributed by atoms with Crippen LogP contribution in [0.15, 0.2) is 12.1 Å². The summed E-state index contributed by atoms with van der Waals surface area (Å²) in [5.74, 6) is -2.70. The quantitative estimate of drug-likeness (QED) is 0.468. The van der Waals surface area contributed by atoms with Crippen LogP contribution in [-0.2, 0) is 4.74 Å². The number of hydrogen-bond acceptors (Lipinski definition) is 1. The standard InChI is InChI=1S/C4H2F6O/c5-2(4(8,9)10)1-11-3(6)7/h1,3H. The summed E-state index contributed by atoms with van der Waals surface area (Å²) in [7, 11) is 0. The minimum absolute atomic E-state index is 0.676. The zero-order valence-electron chi connectivity index (χ0n) is 4.83. The van der Waals surface area contributed by atoms with Crippen molar-refractivity contribution in [2.45, 2.75) is 12.8 Å². The minimum Gasteiger partial charge on any atom is -0.440 e. The summed E-state index contributed by atoms with van der Waals surface area (Å²) in [5.41, 5.74) is 0. The van der Waals surface area contributed by atoms with E-state index in [0.29, 0.717) is 0 Å². The Hall–Kier alpha value is -0.880. The van der Waals surface area contributed by atoms with E-state index in [1.54, 1.807) is 0 Å². The first-order valence-electron chi connectivity index (χ1n) is 2.20. The molecule has 0 aliphatic rings. The van der Waals surface area contributed by atoms with Crippen molar-refractivity contribution in [3.63, 3.8) is 0 Å². The molecule has 0 N–H and O–H groups in total. The highest BCUT2D eigenvalue weighted by Gasteiger charge is 2.35. The molecular weight excluding hydrogens is 178 g/mol. The van der Waals surface area contributed by atoms with Gasteiger partial charge in [-0.25, -0.2) is 0 Å². The second kappa shape index (κ2) is 3.49. The van der Waals surface area contributed by atoms with Gasteiger partial charge in [0.25, 0.3) is 0 Å². The topological polar surface area (TPSA) is 9.23 Å². The number of alkyl halides is 5. The van der Waals surface area contributed by atoms with E-state index in [-0.39, 0.29) is 0 Å². The summed E-state index contributed by atoms with van der Waals surface area (Å²) in [6.07, 6.45) is -5.94. The number of hydrogen-bond donors (Lipinski definition) is 0. The predicted octanol–water partition coefficient (Wildman–Crippen LogP) is 2.60. The molecule has 0 bridgehead atoms. The summed E-state index contributed by atoms with van der Waals surface area (Å²) in [6.45, 7) is -3.46. The predicted molar refractivity (Wildman–Crippen MR) is 22.3 cm³/mol. The van der Waals surface area contributed by atoms with E-state index in [9.17, 15) is 26.3 Å². The SMILES string of the molecule is FC(=COC(F)F)C(F)(F)F. The fourth-order valence-corrected chi connectivity index (χ4v) is 0.178. The Balaban J connectivity index is 4.02. The Morgan fingerprint density at radius 3 is 2.00 bits per heavy atom. The van der Waals surface area contributed by atoms with Crippen LogP contribution in [0.1, 0.15) is 0 Å². The van der Waals surface area contributed by atoms with Gasteiger partial charge in [0.2, 0.25) is 5.83 Å². The summed E-state index contributed by atoms with van der Waals surface area (Å²) in [6, 6.07) is 0. The minimum atomic E-state index is -5.27. The molecular formula is C4H2F6O. The highest BCUT2D eigenvalue weighted by atomic mass is 19.4. The third-order valence-corrected chi connectivity index (χ3v) is 0.545. The van der Waals surface area contributed by atoms with Crippen molar-refractivity contribution < 1.29 is 31.1 Å². The fourth-order valence-electron chi connectivity index (χ4n) is 0.178. The first-order valence-corrected chi connectivity index (χ1v) is 2.20. The van der Waals surface area contributed by atoms with E-state index < -0.39 is 24.9 Å². The number of ether oxygens (including phenoxy) is 1. The molecule has 0 aromatic carbocycles. The first-order chi connectivity index (χ1) is 4.84. The molecule has 0 unspecified atom stereocenters. The lowest BCUT2D eigenvalue weighted by atomic mass is 10.6. The maximum Gasteiger partial charge on any atom is 0.446 e. The molecule has 0 aliphatic carbocycles. The van der Waals surface area contributed by atoms with Crippen LogP contribution in [0, 0.1) is 0 Å². The van der Waals surface area contributed by atoms with Gasteiger partial charge in [0, 0.05) is 0 Å². The molecule has 0 spiro atoms. The largest absolute Gasteiger partial charge is 0.446 e. The van der Waals surface area contributed by atoms with Gasteiger partial charge >= 0.3 is 12.8 Å². The summed E-state index contributed by atoms with van der Waals surface area (Å²) in [5, 5.41) is 0. The van der Waals surface area contributed by atoms with Crippen LogP contribution in [0.3, 0.4) is 0 Å². The molecule has 0 radical (unpaired) electrons. The van der Waals surface area contributed by atoms with E-state index in [0.717, 1.165) is 0 Å². The molecule has 0 fully saturated rings. The van der Waals surface area contributed by atoms with Crippen LogP contribution in [0.4, 0.5) is 26.3 Å². The second-order valence-corrected chi connectivity index (χ2v) is 1.36. The third kappa shape index (κ3) is 4.51. The Kier molecular flexibility index (Phi) is 3.21. The van der Waals surface area contributed by atoms with Gasteiger partial charge in [-0.15, -0.1) is 0 Å². The van der Waals surface area contributed by atoms with Gasteiger partial charge in [-0.3, -0.25) is 0 Å². The van der Waals surface area contributed by atoms with Crippen molar-refractivity contribution in [3.05, 3.63) is 12.1 Å². The van der Waals surface area contributed by atoms with E-state index in [4.69, 9.17) is 0 Å².